The maximum absolute atomic E-state index is 12.3. The minimum Gasteiger partial charge on any atom is -0.493 e. The van der Waals surface area contributed by atoms with Gasteiger partial charge in [0.05, 0.1) is 21.3 Å². The molecule has 1 saturated carbocycles. The second-order valence-corrected chi connectivity index (χ2v) is 6.49. The Morgan fingerprint density at radius 1 is 1.08 bits per heavy atom. The van der Waals surface area contributed by atoms with Gasteiger partial charge in [-0.15, -0.1) is 0 Å². The predicted octanol–water partition coefficient (Wildman–Crippen LogP) is 3.23. The zero-order chi connectivity index (χ0) is 18.2. The summed E-state index contributed by atoms with van der Waals surface area (Å²) >= 11 is 0. The molecule has 0 atom stereocenters. The van der Waals surface area contributed by atoms with E-state index in [1.54, 1.807) is 26.2 Å². The standard InChI is InChI=1S/C19H30N2O4/c1-21(19(22)20-15-8-6-5-7-9-15)11-10-14-12-16(23-2)18(25-4)17(13-14)24-3/h12-13,15H,5-11H2,1-4H3,(H,20,22). The summed E-state index contributed by atoms with van der Waals surface area (Å²) in [4.78, 5) is 14.1. The smallest absolute Gasteiger partial charge is 0.317 e. The molecule has 0 aliphatic heterocycles. The van der Waals surface area contributed by atoms with Crippen molar-refractivity contribution in [1.82, 2.24) is 10.2 Å². The molecule has 2 amide bonds. The molecule has 0 bridgehead atoms. The van der Waals surface area contributed by atoms with E-state index in [4.69, 9.17) is 14.2 Å². The molecule has 2 rings (SSSR count). The minimum absolute atomic E-state index is 0.000610. The molecule has 6 nitrogen and oxygen atoms in total. The second-order valence-electron chi connectivity index (χ2n) is 6.49. The van der Waals surface area contributed by atoms with Crippen molar-refractivity contribution in [2.75, 3.05) is 34.9 Å². The lowest BCUT2D eigenvalue weighted by Gasteiger charge is -2.26. The molecule has 0 heterocycles. The Balaban J connectivity index is 1.94. The first-order chi connectivity index (χ1) is 12.1. The Kier molecular flexibility index (Phi) is 7.22. The Morgan fingerprint density at radius 3 is 2.20 bits per heavy atom. The fourth-order valence-corrected chi connectivity index (χ4v) is 3.21. The van der Waals surface area contributed by atoms with Crippen molar-refractivity contribution < 1.29 is 19.0 Å². The van der Waals surface area contributed by atoms with Crippen molar-refractivity contribution in [2.45, 2.75) is 44.6 Å². The van der Waals surface area contributed by atoms with Crippen LogP contribution >= 0.6 is 0 Å². The molecule has 0 unspecified atom stereocenters. The molecule has 0 spiro atoms. The summed E-state index contributed by atoms with van der Waals surface area (Å²) in [5, 5.41) is 3.14. The summed E-state index contributed by atoms with van der Waals surface area (Å²) in [5.41, 5.74) is 1.03. The molecule has 1 N–H and O–H groups in total. The number of methoxy groups -OCH3 is 3. The van der Waals surface area contributed by atoms with Crippen LogP contribution in [0.4, 0.5) is 4.79 Å². The quantitative estimate of drug-likeness (QED) is 0.820. The highest BCUT2D eigenvalue weighted by Crippen LogP contribution is 2.38. The topological polar surface area (TPSA) is 60.0 Å². The molecule has 140 valence electrons. The van der Waals surface area contributed by atoms with Crippen molar-refractivity contribution in [3.05, 3.63) is 17.7 Å². The number of ether oxygens (including phenoxy) is 3. The summed E-state index contributed by atoms with van der Waals surface area (Å²) in [7, 11) is 6.62. The van der Waals surface area contributed by atoms with Crippen LogP contribution in [0, 0.1) is 0 Å². The van der Waals surface area contributed by atoms with Crippen LogP contribution in [-0.4, -0.2) is 51.9 Å². The van der Waals surface area contributed by atoms with Gasteiger partial charge >= 0.3 is 6.03 Å². The first-order valence-electron chi connectivity index (χ1n) is 8.89. The van der Waals surface area contributed by atoms with Gasteiger partial charge in [-0.3, -0.25) is 0 Å². The monoisotopic (exact) mass is 350 g/mol. The molecular formula is C19H30N2O4. The zero-order valence-electron chi connectivity index (χ0n) is 15.8. The third-order valence-electron chi connectivity index (χ3n) is 4.74. The summed E-state index contributed by atoms with van der Waals surface area (Å²) in [5.74, 6) is 1.84. The Labute approximate surface area is 150 Å². The van der Waals surface area contributed by atoms with Gasteiger partial charge in [-0.05, 0) is 37.0 Å². The zero-order valence-corrected chi connectivity index (χ0v) is 15.8. The van der Waals surface area contributed by atoms with E-state index in [0.29, 0.717) is 36.3 Å². The van der Waals surface area contributed by atoms with E-state index >= 15 is 0 Å². The number of hydrogen-bond donors (Lipinski definition) is 1. The van der Waals surface area contributed by atoms with Gasteiger partial charge in [-0.25, -0.2) is 4.79 Å². The summed E-state index contributed by atoms with van der Waals surface area (Å²) < 4.78 is 16.1. The normalized spacial score (nSPS) is 14.7. The van der Waals surface area contributed by atoms with Gasteiger partial charge in [0.15, 0.2) is 11.5 Å². The largest absolute Gasteiger partial charge is 0.493 e. The fraction of sp³-hybridized carbons (Fsp3) is 0.632. The number of hydrogen-bond acceptors (Lipinski definition) is 4. The molecule has 1 aliphatic rings. The van der Waals surface area contributed by atoms with Crippen LogP contribution in [0.2, 0.25) is 0 Å². The summed E-state index contributed by atoms with van der Waals surface area (Å²) in [6.07, 6.45) is 6.59. The van der Waals surface area contributed by atoms with Crippen LogP contribution < -0.4 is 19.5 Å². The van der Waals surface area contributed by atoms with E-state index in [1.165, 1.54) is 19.3 Å². The molecule has 6 heteroatoms. The minimum atomic E-state index is -0.000610. The summed E-state index contributed by atoms with van der Waals surface area (Å²) in [6.45, 7) is 0.622. The van der Waals surface area contributed by atoms with Gasteiger partial charge in [0.25, 0.3) is 0 Å². The Hall–Kier alpha value is -2.11. The number of likely N-dealkylation sites (N-methyl/N-ethyl adjacent to an activating group) is 1. The van der Waals surface area contributed by atoms with Crippen molar-refractivity contribution in [1.29, 1.82) is 0 Å². The average molecular weight is 350 g/mol. The van der Waals surface area contributed by atoms with Crippen molar-refractivity contribution >= 4 is 6.03 Å². The van der Waals surface area contributed by atoms with Gasteiger partial charge in [-0.2, -0.15) is 0 Å². The number of nitrogens with zero attached hydrogens (tertiary/aromatic N) is 1. The SMILES string of the molecule is COc1cc(CCN(C)C(=O)NC2CCCCC2)cc(OC)c1OC. The van der Waals surface area contributed by atoms with Gasteiger partial charge < -0.3 is 24.4 Å². The van der Waals surface area contributed by atoms with E-state index < -0.39 is 0 Å². The van der Waals surface area contributed by atoms with Gasteiger partial charge in [-0.1, -0.05) is 19.3 Å². The number of carbonyl (C=O) groups is 1. The van der Waals surface area contributed by atoms with Crippen LogP contribution in [0.1, 0.15) is 37.7 Å². The average Bonchev–Trinajstić information content (AvgIpc) is 2.65. The number of rotatable bonds is 7. The lowest BCUT2D eigenvalue weighted by Crippen LogP contribution is -2.44. The maximum Gasteiger partial charge on any atom is 0.317 e. The number of carbonyl (C=O) groups excluding carboxylic acids is 1. The van der Waals surface area contributed by atoms with E-state index in [0.717, 1.165) is 18.4 Å². The van der Waals surface area contributed by atoms with Gasteiger partial charge in [0, 0.05) is 19.6 Å². The lowest BCUT2D eigenvalue weighted by molar-refractivity contribution is 0.201. The molecular weight excluding hydrogens is 320 g/mol. The van der Waals surface area contributed by atoms with Gasteiger partial charge in [0.1, 0.15) is 0 Å². The van der Waals surface area contributed by atoms with Crippen LogP contribution in [0.5, 0.6) is 17.2 Å². The third-order valence-corrected chi connectivity index (χ3v) is 4.74. The van der Waals surface area contributed by atoms with Gasteiger partial charge in [0.2, 0.25) is 5.75 Å². The van der Waals surface area contributed by atoms with E-state index in [9.17, 15) is 4.79 Å². The molecule has 0 aromatic heterocycles. The Bertz CT molecular complexity index is 546. The van der Waals surface area contributed by atoms with E-state index in [1.807, 2.05) is 19.2 Å². The van der Waals surface area contributed by atoms with Crippen molar-refractivity contribution in [3.8, 4) is 17.2 Å². The molecule has 1 aromatic rings. The molecule has 0 saturated heterocycles. The van der Waals surface area contributed by atoms with Crippen LogP contribution in [0.3, 0.4) is 0 Å². The highest BCUT2D eigenvalue weighted by atomic mass is 16.5. The predicted molar refractivity (Wildman–Crippen MR) is 97.8 cm³/mol. The number of benzene rings is 1. The number of nitrogens with one attached hydrogen (secondary N) is 1. The molecule has 1 aliphatic carbocycles. The van der Waals surface area contributed by atoms with Crippen LogP contribution in [0.25, 0.3) is 0 Å². The van der Waals surface area contributed by atoms with Crippen LogP contribution in [-0.2, 0) is 6.42 Å². The van der Waals surface area contributed by atoms with Crippen LogP contribution in [0.15, 0.2) is 12.1 Å². The first-order valence-corrected chi connectivity index (χ1v) is 8.89. The second kappa shape index (κ2) is 9.39. The van der Waals surface area contributed by atoms with E-state index in [-0.39, 0.29) is 6.03 Å². The first kappa shape index (κ1) is 19.2. The summed E-state index contributed by atoms with van der Waals surface area (Å²) in [6, 6.07) is 4.17. The van der Waals surface area contributed by atoms with Crippen molar-refractivity contribution in [3.63, 3.8) is 0 Å². The molecule has 1 aromatic carbocycles. The molecule has 0 radical (unpaired) electrons. The maximum atomic E-state index is 12.3. The fourth-order valence-electron chi connectivity index (χ4n) is 3.21. The lowest BCUT2D eigenvalue weighted by atomic mass is 9.96. The number of amides is 2. The number of urea groups is 1. The highest BCUT2D eigenvalue weighted by molar-refractivity contribution is 5.74. The molecule has 1 fully saturated rings. The van der Waals surface area contributed by atoms with Crippen molar-refractivity contribution in [2.24, 2.45) is 0 Å². The third kappa shape index (κ3) is 5.18. The van der Waals surface area contributed by atoms with E-state index in [2.05, 4.69) is 5.32 Å². The highest BCUT2D eigenvalue weighted by Gasteiger charge is 2.18. The molecule has 25 heavy (non-hydrogen) atoms. The Morgan fingerprint density at radius 2 is 1.68 bits per heavy atom.